The maximum absolute atomic E-state index is 13.5. The average molecular weight is 515 g/mol. The van der Waals surface area contributed by atoms with Crippen LogP contribution < -0.4 is 5.73 Å². The molecule has 1 aromatic carbocycles. The Morgan fingerprint density at radius 1 is 0.971 bits per heavy atom. The number of benzene rings is 1. The fourth-order valence-electron chi connectivity index (χ4n) is 4.49. The Balaban J connectivity index is 1.52. The lowest BCUT2D eigenvalue weighted by molar-refractivity contribution is 0.0955. The van der Waals surface area contributed by atoms with Crippen LogP contribution in [0.15, 0.2) is 47.2 Å². The van der Waals surface area contributed by atoms with E-state index in [0.717, 1.165) is 24.1 Å². The number of ketones is 1. The predicted molar refractivity (Wildman–Crippen MR) is 148 cm³/mol. The number of nitrogen functional groups attached to an aromatic ring is 1. The van der Waals surface area contributed by atoms with Crippen molar-refractivity contribution >= 4 is 34.4 Å². The molecule has 1 unspecified atom stereocenters. The van der Waals surface area contributed by atoms with Gasteiger partial charge in [-0.25, -0.2) is 4.98 Å². The van der Waals surface area contributed by atoms with Gasteiger partial charge in [-0.3, -0.25) is 4.79 Å². The molecule has 3 aromatic rings. The van der Waals surface area contributed by atoms with E-state index < -0.39 is 0 Å². The summed E-state index contributed by atoms with van der Waals surface area (Å²) in [5.41, 5.74) is 7.13. The molecule has 4 nitrogen and oxygen atoms in total. The smallest absolute Gasteiger partial charge is 0.185 e. The molecule has 1 atom stereocenters. The number of carbonyl (C=O) groups excluding carboxylic acids is 1. The fraction of sp³-hybridized carbons (Fsp3) is 0.517. The molecule has 0 bridgehead atoms. The zero-order chi connectivity index (χ0) is 24.9. The van der Waals surface area contributed by atoms with Crippen LogP contribution in [0.5, 0.6) is 0 Å². The second-order valence-corrected chi connectivity index (χ2v) is 10.8. The lowest BCUT2D eigenvalue weighted by Crippen LogP contribution is -2.12. The van der Waals surface area contributed by atoms with Crippen LogP contribution >= 0.6 is 22.9 Å². The molecule has 6 heteroatoms. The van der Waals surface area contributed by atoms with E-state index in [0.29, 0.717) is 27.0 Å². The number of aromatic nitrogens is 1. The van der Waals surface area contributed by atoms with Gasteiger partial charge in [0, 0.05) is 22.7 Å². The Kier molecular flexibility index (Phi) is 11.9. The predicted octanol–water partition coefficient (Wildman–Crippen LogP) is 9.70. The number of nitrogens with two attached hydrogens (primary N) is 1. The molecule has 2 heterocycles. The number of rotatable bonds is 17. The van der Waals surface area contributed by atoms with Gasteiger partial charge < -0.3 is 10.2 Å². The Morgan fingerprint density at radius 2 is 1.60 bits per heavy atom. The van der Waals surface area contributed by atoms with Crippen molar-refractivity contribution < 1.29 is 9.21 Å². The van der Waals surface area contributed by atoms with Gasteiger partial charge in [0.25, 0.3) is 0 Å². The summed E-state index contributed by atoms with van der Waals surface area (Å²) in [4.78, 5) is 18.9. The number of halogens is 1. The first-order chi connectivity index (χ1) is 17.1. The van der Waals surface area contributed by atoms with Gasteiger partial charge in [0.05, 0.1) is 22.9 Å². The van der Waals surface area contributed by atoms with E-state index in [1.165, 1.54) is 75.5 Å². The Hall–Kier alpha value is -2.11. The van der Waals surface area contributed by atoms with Crippen LogP contribution in [-0.4, -0.2) is 10.8 Å². The molecule has 0 spiro atoms. The normalized spacial score (nSPS) is 12.2. The van der Waals surface area contributed by atoms with Crippen LogP contribution in [0.4, 0.5) is 5.69 Å². The van der Waals surface area contributed by atoms with Crippen LogP contribution in [0, 0.1) is 0 Å². The van der Waals surface area contributed by atoms with Crippen LogP contribution in [0.25, 0.3) is 10.8 Å². The second-order valence-electron chi connectivity index (χ2n) is 9.35. The third-order valence-electron chi connectivity index (χ3n) is 6.56. The minimum atomic E-state index is -0.263. The molecule has 0 aliphatic rings. The first-order valence-corrected chi connectivity index (χ1v) is 14.4. The molecule has 0 aliphatic carbocycles. The molecule has 0 fully saturated rings. The number of hydrogen-bond acceptors (Lipinski definition) is 5. The largest absolute Gasteiger partial charge is 0.460 e. The van der Waals surface area contributed by atoms with Gasteiger partial charge in [-0.1, -0.05) is 108 Å². The van der Waals surface area contributed by atoms with E-state index in [-0.39, 0.29) is 11.7 Å². The molecule has 0 aliphatic heterocycles. The van der Waals surface area contributed by atoms with Crippen molar-refractivity contribution in [2.45, 2.75) is 96.3 Å². The van der Waals surface area contributed by atoms with Crippen molar-refractivity contribution in [1.29, 1.82) is 0 Å². The van der Waals surface area contributed by atoms with E-state index >= 15 is 0 Å². The maximum atomic E-state index is 13.5. The highest BCUT2D eigenvalue weighted by Gasteiger charge is 2.26. The zero-order valence-electron chi connectivity index (χ0n) is 20.9. The summed E-state index contributed by atoms with van der Waals surface area (Å²) in [6.07, 6.45) is 19.7. The molecule has 0 radical (unpaired) electrons. The molecule has 35 heavy (non-hydrogen) atoms. The third kappa shape index (κ3) is 8.50. The summed E-state index contributed by atoms with van der Waals surface area (Å²) in [5, 5.41) is 1.20. The Labute approximate surface area is 219 Å². The van der Waals surface area contributed by atoms with E-state index in [1.54, 1.807) is 24.6 Å². The van der Waals surface area contributed by atoms with Crippen molar-refractivity contribution in [2.24, 2.45) is 0 Å². The van der Waals surface area contributed by atoms with Crippen molar-refractivity contribution in [1.82, 2.24) is 4.98 Å². The number of thiazole rings is 1. The number of nitrogens with zero attached hydrogens (tertiary/aromatic N) is 1. The SMILES string of the molecule is CCCCCCCCCCCCCCC(C(=O)c1ccccc1Cl)c1cnc(-c2occc2N)s1. The van der Waals surface area contributed by atoms with Gasteiger partial charge in [0.1, 0.15) is 0 Å². The summed E-state index contributed by atoms with van der Waals surface area (Å²) in [6, 6.07) is 9.02. The number of anilines is 1. The number of unbranched alkanes of at least 4 members (excludes halogenated alkanes) is 11. The summed E-state index contributed by atoms with van der Waals surface area (Å²) in [7, 11) is 0. The Bertz CT molecular complexity index is 1030. The number of Topliss-reactive ketones (excluding diaryl/α,β-unsaturated/α-hetero) is 1. The minimum Gasteiger partial charge on any atom is -0.460 e. The summed E-state index contributed by atoms with van der Waals surface area (Å²) >= 11 is 7.85. The first-order valence-electron chi connectivity index (χ1n) is 13.2. The highest BCUT2D eigenvalue weighted by Crippen LogP contribution is 2.37. The molecule has 190 valence electrons. The van der Waals surface area contributed by atoms with Crippen molar-refractivity contribution in [3.63, 3.8) is 0 Å². The third-order valence-corrected chi connectivity index (χ3v) is 8.00. The molecule has 0 saturated heterocycles. The Morgan fingerprint density at radius 3 is 2.20 bits per heavy atom. The van der Waals surface area contributed by atoms with Gasteiger partial charge >= 0.3 is 0 Å². The van der Waals surface area contributed by atoms with Crippen LogP contribution in [0.2, 0.25) is 5.02 Å². The highest BCUT2D eigenvalue weighted by molar-refractivity contribution is 7.15. The summed E-state index contributed by atoms with van der Waals surface area (Å²) < 4.78 is 5.50. The fourth-order valence-corrected chi connectivity index (χ4v) is 5.78. The number of carbonyl (C=O) groups is 1. The lowest BCUT2D eigenvalue weighted by atomic mass is 9.91. The topological polar surface area (TPSA) is 69.1 Å². The maximum Gasteiger partial charge on any atom is 0.185 e. The van der Waals surface area contributed by atoms with E-state index in [9.17, 15) is 4.79 Å². The molecule has 3 rings (SSSR count). The van der Waals surface area contributed by atoms with Gasteiger partial charge in [0.15, 0.2) is 16.6 Å². The molecular weight excluding hydrogens is 476 g/mol. The standard InChI is InChI=1S/C29H39ClN2O2S/c1-2-3-4-5-6-7-8-9-10-11-12-13-17-23(27(33)22-16-14-15-18-24(22)30)26-21-32-29(35-26)28-25(31)19-20-34-28/h14-16,18-21,23H,2-13,17,31H2,1H3. The van der Waals surface area contributed by atoms with Gasteiger partial charge in [-0.2, -0.15) is 0 Å². The second kappa shape index (κ2) is 15.1. The van der Waals surface area contributed by atoms with E-state index in [2.05, 4.69) is 11.9 Å². The molecule has 0 saturated carbocycles. The van der Waals surface area contributed by atoms with Gasteiger partial charge in [-0.15, -0.1) is 11.3 Å². The summed E-state index contributed by atoms with van der Waals surface area (Å²) in [5.74, 6) is 0.359. The summed E-state index contributed by atoms with van der Waals surface area (Å²) in [6.45, 7) is 2.26. The van der Waals surface area contributed by atoms with Crippen LogP contribution in [-0.2, 0) is 0 Å². The van der Waals surface area contributed by atoms with Gasteiger partial charge in [0.2, 0.25) is 0 Å². The molecule has 0 amide bonds. The quantitative estimate of drug-likeness (QED) is 0.144. The van der Waals surface area contributed by atoms with Crippen molar-refractivity contribution in [2.75, 3.05) is 5.73 Å². The monoisotopic (exact) mass is 514 g/mol. The highest BCUT2D eigenvalue weighted by atomic mass is 35.5. The molecule has 2 aromatic heterocycles. The average Bonchev–Trinajstić information content (AvgIpc) is 3.51. The van der Waals surface area contributed by atoms with Crippen molar-refractivity contribution in [3.8, 4) is 10.8 Å². The minimum absolute atomic E-state index is 0.0567. The van der Waals surface area contributed by atoms with E-state index in [4.69, 9.17) is 21.8 Å². The van der Waals surface area contributed by atoms with Crippen LogP contribution in [0.3, 0.4) is 0 Å². The lowest BCUT2D eigenvalue weighted by Gasteiger charge is -2.15. The van der Waals surface area contributed by atoms with Crippen molar-refractivity contribution in [3.05, 3.63) is 58.3 Å². The first kappa shape index (κ1) is 27.5. The molecular formula is C29H39ClN2O2S. The van der Waals surface area contributed by atoms with Gasteiger partial charge in [-0.05, 0) is 18.6 Å². The number of hydrogen-bond donors (Lipinski definition) is 1. The van der Waals surface area contributed by atoms with Crippen LogP contribution in [0.1, 0.15) is 112 Å². The zero-order valence-corrected chi connectivity index (χ0v) is 22.5. The number of furan rings is 1. The van der Waals surface area contributed by atoms with E-state index in [1.807, 2.05) is 18.2 Å². The molecule has 2 N–H and O–H groups in total.